The summed E-state index contributed by atoms with van der Waals surface area (Å²) in [6, 6.07) is 13.1. The zero-order valence-corrected chi connectivity index (χ0v) is 15.0. The molecule has 0 heterocycles. The Bertz CT molecular complexity index is 804. The van der Waals surface area contributed by atoms with E-state index in [1.165, 1.54) is 12.1 Å². The van der Waals surface area contributed by atoms with E-state index in [4.69, 9.17) is 4.74 Å². The van der Waals surface area contributed by atoms with Gasteiger partial charge in [0.15, 0.2) is 0 Å². The van der Waals surface area contributed by atoms with Crippen LogP contribution in [0.5, 0.6) is 5.75 Å². The molecule has 27 heavy (non-hydrogen) atoms. The van der Waals surface area contributed by atoms with E-state index in [-0.39, 0.29) is 17.8 Å². The molecule has 1 aliphatic carbocycles. The summed E-state index contributed by atoms with van der Waals surface area (Å²) in [5.41, 5.74) is 1.75. The van der Waals surface area contributed by atoms with Gasteiger partial charge in [0.25, 0.3) is 0 Å². The number of carbonyl (C=O) groups excluding carboxylic acids is 1. The van der Waals surface area contributed by atoms with Crippen molar-refractivity contribution in [1.29, 1.82) is 0 Å². The van der Waals surface area contributed by atoms with Gasteiger partial charge in [-0.3, -0.25) is 9.59 Å². The maximum absolute atomic E-state index is 13.2. The van der Waals surface area contributed by atoms with Gasteiger partial charge in [-0.15, -0.1) is 0 Å². The van der Waals surface area contributed by atoms with Gasteiger partial charge in [-0.25, -0.2) is 4.39 Å². The molecule has 2 aromatic rings. The average molecular weight is 371 g/mol. The van der Waals surface area contributed by atoms with E-state index < -0.39 is 17.8 Å². The number of halogens is 1. The molecule has 2 N–H and O–H groups in total. The summed E-state index contributed by atoms with van der Waals surface area (Å²) in [5, 5.41) is 12.2. The van der Waals surface area contributed by atoms with Gasteiger partial charge in [-0.1, -0.05) is 24.3 Å². The van der Waals surface area contributed by atoms with Gasteiger partial charge in [0, 0.05) is 0 Å². The van der Waals surface area contributed by atoms with Crippen LogP contribution in [-0.2, 0) is 16.0 Å². The minimum absolute atomic E-state index is 0.253. The van der Waals surface area contributed by atoms with Gasteiger partial charge in [0.1, 0.15) is 11.6 Å². The third-order valence-electron chi connectivity index (χ3n) is 5.12. The van der Waals surface area contributed by atoms with Gasteiger partial charge < -0.3 is 15.2 Å². The summed E-state index contributed by atoms with van der Waals surface area (Å²) >= 11 is 0. The van der Waals surface area contributed by atoms with Gasteiger partial charge in [0.05, 0.1) is 25.0 Å². The van der Waals surface area contributed by atoms with Crippen LogP contribution in [0.3, 0.4) is 0 Å². The number of carbonyl (C=O) groups is 2. The molecule has 5 nitrogen and oxygen atoms in total. The van der Waals surface area contributed by atoms with Crippen LogP contribution in [0.1, 0.15) is 30.0 Å². The lowest BCUT2D eigenvalue weighted by molar-refractivity contribution is -0.153. The lowest BCUT2D eigenvalue weighted by Gasteiger charge is -2.33. The first kappa shape index (κ1) is 18.9. The number of amides is 1. The molecule has 0 aromatic heterocycles. The molecular formula is C21H22FNO4. The fourth-order valence-corrected chi connectivity index (χ4v) is 3.33. The smallest absolute Gasteiger partial charge is 0.307 e. The van der Waals surface area contributed by atoms with E-state index in [1.807, 2.05) is 24.3 Å². The largest absolute Gasteiger partial charge is 0.497 e. The van der Waals surface area contributed by atoms with Crippen molar-refractivity contribution in [2.45, 2.75) is 25.3 Å². The molecule has 142 valence electrons. The molecule has 3 rings (SSSR count). The molecule has 0 radical (unpaired) electrons. The molecular weight excluding hydrogens is 349 g/mol. The number of benzene rings is 2. The number of ether oxygens (including phenoxy) is 1. The molecule has 3 atom stereocenters. The fraction of sp³-hybridized carbons (Fsp3) is 0.333. The van der Waals surface area contributed by atoms with Crippen molar-refractivity contribution in [3.05, 3.63) is 65.5 Å². The quantitative estimate of drug-likeness (QED) is 0.783. The van der Waals surface area contributed by atoms with Crippen LogP contribution in [0, 0.1) is 17.7 Å². The third kappa shape index (κ3) is 4.45. The highest BCUT2D eigenvalue weighted by Gasteiger charge is 2.41. The predicted molar refractivity (Wildman–Crippen MR) is 97.8 cm³/mol. The summed E-state index contributed by atoms with van der Waals surface area (Å²) in [6.07, 6.45) is 1.58. The molecule has 3 unspecified atom stereocenters. The Hall–Kier alpha value is -2.89. The van der Waals surface area contributed by atoms with Gasteiger partial charge in [0.2, 0.25) is 5.91 Å². The zero-order valence-electron chi connectivity index (χ0n) is 15.0. The van der Waals surface area contributed by atoms with Crippen LogP contribution in [0.25, 0.3) is 0 Å². The van der Waals surface area contributed by atoms with E-state index in [0.717, 1.165) is 11.1 Å². The summed E-state index contributed by atoms with van der Waals surface area (Å²) in [6.45, 7) is 0. The van der Waals surface area contributed by atoms with Gasteiger partial charge >= 0.3 is 5.97 Å². The lowest BCUT2D eigenvalue weighted by atomic mass is 9.73. The normalized spacial score (nSPS) is 19.6. The molecule has 1 amide bonds. The van der Waals surface area contributed by atoms with Gasteiger partial charge in [-0.2, -0.15) is 0 Å². The van der Waals surface area contributed by atoms with Crippen molar-refractivity contribution in [3.8, 4) is 5.75 Å². The van der Waals surface area contributed by atoms with E-state index in [2.05, 4.69) is 5.32 Å². The molecule has 6 heteroatoms. The molecule has 1 fully saturated rings. The first-order valence-electron chi connectivity index (χ1n) is 8.89. The van der Waals surface area contributed by atoms with Gasteiger partial charge in [-0.05, 0) is 54.7 Å². The van der Waals surface area contributed by atoms with E-state index in [1.54, 1.807) is 19.2 Å². The number of hydrogen-bond donors (Lipinski definition) is 2. The molecule has 0 bridgehead atoms. The van der Waals surface area contributed by atoms with Crippen LogP contribution in [0.4, 0.5) is 4.39 Å². The van der Waals surface area contributed by atoms with Crippen LogP contribution in [0.15, 0.2) is 48.5 Å². The molecule has 0 saturated heterocycles. The Morgan fingerprint density at radius 1 is 1.11 bits per heavy atom. The predicted octanol–water partition coefficient (Wildman–Crippen LogP) is 3.35. The number of carboxylic acid groups (broad SMARTS) is 1. The van der Waals surface area contributed by atoms with Crippen LogP contribution in [0.2, 0.25) is 0 Å². The number of methoxy groups -OCH3 is 1. The zero-order chi connectivity index (χ0) is 19.4. The van der Waals surface area contributed by atoms with Crippen molar-refractivity contribution in [2.24, 2.45) is 11.8 Å². The Labute approximate surface area is 157 Å². The summed E-state index contributed by atoms with van der Waals surface area (Å²) < 4.78 is 18.4. The van der Waals surface area contributed by atoms with Crippen LogP contribution in [-0.4, -0.2) is 24.1 Å². The molecule has 0 spiro atoms. The van der Waals surface area contributed by atoms with E-state index in [0.29, 0.717) is 25.0 Å². The maximum atomic E-state index is 13.2. The minimum atomic E-state index is -0.930. The second kappa shape index (κ2) is 8.20. The van der Waals surface area contributed by atoms with Crippen molar-refractivity contribution < 1.29 is 23.8 Å². The Kier molecular flexibility index (Phi) is 5.74. The van der Waals surface area contributed by atoms with Crippen molar-refractivity contribution >= 4 is 11.9 Å². The second-order valence-corrected chi connectivity index (χ2v) is 6.79. The summed E-state index contributed by atoms with van der Waals surface area (Å²) in [4.78, 5) is 23.8. The monoisotopic (exact) mass is 371 g/mol. The SMILES string of the molecule is COc1ccc(C(Cc2ccc(F)cc2)NC(=O)C2CCC2C(=O)O)cc1. The van der Waals surface area contributed by atoms with E-state index in [9.17, 15) is 19.1 Å². The number of aliphatic carboxylic acids is 1. The highest BCUT2D eigenvalue weighted by Crippen LogP contribution is 2.35. The Balaban J connectivity index is 1.79. The average Bonchev–Trinajstić information content (AvgIpc) is 2.61. The van der Waals surface area contributed by atoms with Crippen molar-refractivity contribution in [1.82, 2.24) is 5.32 Å². The number of carboxylic acids is 1. The molecule has 0 aliphatic heterocycles. The molecule has 2 aromatic carbocycles. The highest BCUT2D eigenvalue weighted by atomic mass is 19.1. The minimum Gasteiger partial charge on any atom is -0.497 e. The number of nitrogens with one attached hydrogen (secondary N) is 1. The third-order valence-corrected chi connectivity index (χ3v) is 5.12. The lowest BCUT2D eigenvalue weighted by Crippen LogP contribution is -2.45. The topological polar surface area (TPSA) is 75.6 Å². The Morgan fingerprint density at radius 3 is 2.26 bits per heavy atom. The van der Waals surface area contributed by atoms with E-state index >= 15 is 0 Å². The standard InChI is InChI=1S/C21H22FNO4/c1-27-16-8-4-14(5-9-16)19(12-13-2-6-15(22)7-3-13)23-20(24)17-10-11-18(17)21(25)26/h2-9,17-19H,10-12H2,1H3,(H,23,24)(H,25,26). The summed E-state index contributed by atoms with van der Waals surface area (Å²) in [5.74, 6) is -1.92. The maximum Gasteiger partial charge on any atom is 0.307 e. The van der Waals surface area contributed by atoms with Crippen molar-refractivity contribution in [2.75, 3.05) is 7.11 Å². The molecule has 1 saturated carbocycles. The first-order valence-corrected chi connectivity index (χ1v) is 8.89. The second-order valence-electron chi connectivity index (χ2n) is 6.79. The summed E-state index contributed by atoms with van der Waals surface area (Å²) in [7, 11) is 1.58. The van der Waals surface area contributed by atoms with Crippen LogP contribution >= 0.6 is 0 Å². The van der Waals surface area contributed by atoms with Crippen molar-refractivity contribution in [3.63, 3.8) is 0 Å². The van der Waals surface area contributed by atoms with Crippen LogP contribution < -0.4 is 10.1 Å². The first-order chi connectivity index (χ1) is 13.0. The molecule has 1 aliphatic rings. The number of hydrogen-bond acceptors (Lipinski definition) is 3. The fourth-order valence-electron chi connectivity index (χ4n) is 3.33. The highest BCUT2D eigenvalue weighted by molar-refractivity contribution is 5.86. The Morgan fingerprint density at radius 2 is 1.74 bits per heavy atom. The number of rotatable bonds is 7.